The first-order valence-electron chi connectivity index (χ1n) is 5.37. The molecule has 1 unspecified atom stereocenters. The lowest BCUT2D eigenvalue weighted by Crippen LogP contribution is -2.22. The van der Waals surface area contributed by atoms with Gasteiger partial charge in [-0.1, -0.05) is 46.8 Å². The van der Waals surface area contributed by atoms with Crippen LogP contribution in [0.2, 0.25) is 5.02 Å². The molecule has 1 aromatic heterocycles. The van der Waals surface area contributed by atoms with Crippen molar-refractivity contribution in [3.8, 4) is 0 Å². The van der Waals surface area contributed by atoms with Crippen LogP contribution in [0.3, 0.4) is 0 Å². The molecule has 0 aliphatic heterocycles. The summed E-state index contributed by atoms with van der Waals surface area (Å²) in [5.41, 5.74) is 5.96. The number of nitrogens with zero attached hydrogens (tertiary/aromatic N) is 2. The molecule has 1 atom stereocenters. The maximum atomic E-state index is 11.0. The Labute approximate surface area is 123 Å². The van der Waals surface area contributed by atoms with Gasteiger partial charge in [-0.2, -0.15) is 0 Å². The highest BCUT2D eigenvalue weighted by molar-refractivity contribution is 8.02. The SMILES string of the molecule is CC(Sc1nnc(Nc2ccccc2Cl)s1)C(N)=O. The molecule has 1 heterocycles. The number of benzene rings is 1. The number of thioether (sulfide) groups is 1. The Balaban J connectivity index is 2.06. The van der Waals surface area contributed by atoms with Crippen molar-refractivity contribution in [3.05, 3.63) is 29.3 Å². The second kappa shape index (κ2) is 6.23. The van der Waals surface area contributed by atoms with Gasteiger partial charge >= 0.3 is 0 Å². The summed E-state index contributed by atoms with van der Waals surface area (Å²) in [5.74, 6) is -0.374. The van der Waals surface area contributed by atoms with Crippen molar-refractivity contribution in [2.45, 2.75) is 16.5 Å². The average molecular weight is 315 g/mol. The van der Waals surface area contributed by atoms with Crippen LogP contribution in [-0.2, 0) is 4.79 Å². The van der Waals surface area contributed by atoms with E-state index in [1.807, 2.05) is 18.2 Å². The van der Waals surface area contributed by atoms with Gasteiger partial charge in [0.05, 0.1) is 16.0 Å². The maximum Gasteiger partial charge on any atom is 0.230 e. The minimum atomic E-state index is -0.374. The Morgan fingerprint density at radius 3 is 2.89 bits per heavy atom. The van der Waals surface area contributed by atoms with Crippen LogP contribution in [0.5, 0.6) is 0 Å². The topological polar surface area (TPSA) is 80.9 Å². The largest absolute Gasteiger partial charge is 0.369 e. The zero-order valence-electron chi connectivity index (χ0n) is 9.96. The number of primary amides is 1. The van der Waals surface area contributed by atoms with E-state index in [-0.39, 0.29) is 11.2 Å². The second-order valence-corrected chi connectivity index (χ2v) is 6.61. The molecule has 0 saturated carbocycles. The van der Waals surface area contributed by atoms with Crippen LogP contribution >= 0.6 is 34.7 Å². The molecule has 0 aliphatic rings. The van der Waals surface area contributed by atoms with Crippen LogP contribution in [0.15, 0.2) is 28.6 Å². The summed E-state index contributed by atoms with van der Waals surface area (Å²) >= 11 is 8.66. The van der Waals surface area contributed by atoms with Gasteiger partial charge in [0.1, 0.15) is 0 Å². The van der Waals surface area contributed by atoms with Crippen molar-refractivity contribution in [3.63, 3.8) is 0 Å². The summed E-state index contributed by atoms with van der Waals surface area (Å²) in [6.07, 6.45) is 0. The van der Waals surface area contributed by atoms with Crippen molar-refractivity contribution >= 4 is 51.4 Å². The van der Waals surface area contributed by atoms with Gasteiger partial charge in [-0.3, -0.25) is 4.79 Å². The highest BCUT2D eigenvalue weighted by Gasteiger charge is 2.14. The molecule has 0 fully saturated rings. The maximum absolute atomic E-state index is 11.0. The summed E-state index contributed by atoms with van der Waals surface area (Å²) in [5, 5.41) is 11.9. The van der Waals surface area contributed by atoms with Crippen molar-refractivity contribution in [2.75, 3.05) is 5.32 Å². The molecule has 8 heteroatoms. The van der Waals surface area contributed by atoms with E-state index in [1.54, 1.807) is 13.0 Å². The molecule has 0 spiro atoms. The van der Waals surface area contributed by atoms with Gasteiger partial charge in [0, 0.05) is 0 Å². The molecule has 0 bridgehead atoms. The van der Waals surface area contributed by atoms with Gasteiger partial charge < -0.3 is 11.1 Å². The van der Waals surface area contributed by atoms with E-state index in [0.29, 0.717) is 14.5 Å². The molecule has 2 rings (SSSR count). The van der Waals surface area contributed by atoms with Crippen LogP contribution < -0.4 is 11.1 Å². The third kappa shape index (κ3) is 3.82. The summed E-state index contributed by atoms with van der Waals surface area (Å²) in [4.78, 5) is 11.0. The number of para-hydroxylation sites is 1. The van der Waals surface area contributed by atoms with Crippen LogP contribution in [0.1, 0.15) is 6.92 Å². The third-order valence-corrected chi connectivity index (χ3v) is 4.57. The number of carbonyl (C=O) groups is 1. The lowest BCUT2D eigenvalue weighted by molar-refractivity contribution is -0.117. The van der Waals surface area contributed by atoms with Crippen molar-refractivity contribution in [2.24, 2.45) is 5.73 Å². The fourth-order valence-electron chi connectivity index (χ4n) is 1.19. The summed E-state index contributed by atoms with van der Waals surface area (Å²) in [6.45, 7) is 1.73. The van der Waals surface area contributed by atoms with E-state index in [1.165, 1.54) is 23.1 Å². The van der Waals surface area contributed by atoms with Gasteiger partial charge in [0.25, 0.3) is 0 Å². The van der Waals surface area contributed by atoms with Gasteiger partial charge in [-0.25, -0.2) is 0 Å². The molecule has 0 aliphatic carbocycles. The number of rotatable bonds is 5. The highest BCUT2D eigenvalue weighted by Crippen LogP contribution is 2.31. The predicted octanol–water partition coefficient (Wildman–Crippen LogP) is 2.90. The molecule has 1 amide bonds. The summed E-state index contributed by atoms with van der Waals surface area (Å²) in [6, 6.07) is 7.36. The lowest BCUT2D eigenvalue weighted by atomic mass is 10.3. The van der Waals surface area contributed by atoms with E-state index in [2.05, 4.69) is 15.5 Å². The quantitative estimate of drug-likeness (QED) is 0.829. The zero-order valence-corrected chi connectivity index (χ0v) is 12.4. The average Bonchev–Trinajstić information content (AvgIpc) is 2.79. The third-order valence-electron chi connectivity index (χ3n) is 2.20. The van der Waals surface area contributed by atoms with Crippen LogP contribution in [0.25, 0.3) is 0 Å². The molecular weight excluding hydrogens is 304 g/mol. The fourth-order valence-corrected chi connectivity index (χ4v) is 3.24. The first-order chi connectivity index (χ1) is 9.06. The van der Waals surface area contributed by atoms with Crippen LogP contribution in [0, 0.1) is 0 Å². The van der Waals surface area contributed by atoms with E-state index < -0.39 is 0 Å². The number of hydrogen-bond acceptors (Lipinski definition) is 6. The molecule has 100 valence electrons. The van der Waals surface area contributed by atoms with Crippen molar-refractivity contribution in [1.29, 1.82) is 0 Å². The highest BCUT2D eigenvalue weighted by atomic mass is 35.5. The number of nitrogens with one attached hydrogen (secondary N) is 1. The molecule has 1 aromatic carbocycles. The molecule has 5 nitrogen and oxygen atoms in total. The number of hydrogen-bond donors (Lipinski definition) is 2. The Morgan fingerprint density at radius 2 is 2.21 bits per heavy atom. The van der Waals surface area contributed by atoms with E-state index >= 15 is 0 Å². The number of amides is 1. The van der Waals surface area contributed by atoms with Gasteiger partial charge in [0.2, 0.25) is 11.0 Å². The van der Waals surface area contributed by atoms with E-state index in [0.717, 1.165) is 5.69 Å². The van der Waals surface area contributed by atoms with Gasteiger partial charge in [-0.05, 0) is 19.1 Å². The summed E-state index contributed by atoms with van der Waals surface area (Å²) in [7, 11) is 0. The minimum Gasteiger partial charge on any atom is -0.369 e. The second-order valence-electron chi connectivity index (χ2n) is 3.64. The Bertz CT molecular complexity index is 590. The van der Waals surface area contributed by atoms with Crippen LogP contribution in [0.4, 0.5) is 10.8 Å². The predicted molar refractivity (Wildman–Crippen MR) is 79.2 cm³/mol. The number of anilines is 2. The van der Waals surface area contributed by atoms with Crippen LogP contribution in [-0.4, -0.2) is 21.4 Å². The molecule has 3 N–H and O–H groups in total. The minimum absolute atomic E-state index is 0.332. The Kier molecular flexibility index (Phi) is 4.62. The van der Waals surface area contributed by atoms with Crippen molar-refractivity contribution in [1.82, 2.24) is 10.2 Å². The molecule has 19 heavy (non-hydrogen) atoms. The van der Waals surface area contributed by atoms with Crippen molar-refractivity contribution < 1.29 is 4.79 Å². The van der Waals surface area contributed by atoms with E-state index in [9.17, 15) is 4.79 Å². The first kappa shape index (κ1) is 14.1. The molecule has 2 aromatic rings. The lowest BCUT2D eigenvalue weighted by Gasteiger charge is -2.03. The fraction of sp³-hybridized carbons (Fsp3) is 0.182. The number of halogens is 1. The normalized spacial score (nSPS) is 12.1. The summed E-state index contributed by atoms with van der Waals surface area (Å²) < 4.78 is 0.681. The van der Waals surface area contributed by atoms with Gasteiger partial charge in [0.15, 0.2) is 4.34 Å². The molecule has 0 saturated heterocycles. The molecular formula is C11H11ClN4OS2. The monoisotopic (exact) mass is 314 g/mol. The van der Waals surface area contributed by atoms with E-state index in [4.69, 9.17) is 17.3 Å². The number of aromatic nitrogens is 2. The number of nitrogens with two attached hydrogens (primary N) is 1. The Hall–Kier alpha value is -1.31. The van der Waals surface area contributed by atoms with Gasteiger partial charge in [-0.15, -0.1) is 10.2 Å². The first-order valence-corrected chi connectivity index (χ1v) is 7.44. The smallest absolute Gasteiger partial charge is 0.230 e. The standard InChI is InChI=1S/C11H11ClN4OS2/c1-6(9(13)17)18-11-16-15-10(19-11)14-8-5-3-2-4-7(8)12/h2-6H,1H3,(H2,13,17)(H,14,15). The molecule has 0 radical (unpaired) electrons. The Morgan fingerprint density at radius 1 is 1.47 bits per heavy atom. The number of carbonyl (C=O) groups excluding carboxylic acids is 1. The zero-order chi connectivity index (χ0) is 13.8.